The lowest BCUT2D eigenvalue weighted by Crippen LogP contribution is -2.28. The van der Waals surface area contributed by atoms with E-state index in [1.165, 1.54) is 5.56 Å². The van der Waals surface area contributed by atoms with E-state index in [1.807, 2.05) is 18.2 Å². The summed E-state index contributed by atoms with van der Waals surface area (Å²) in [5.41, 5.74) is 2.40. The third-order valence-electron chi connectivity index (χ3n) is 4.26. The van der Waals surface area contributed by atoms with Crippen molar-refractivity contribution >= 4 is 27.7 Å². The molecule has 0 spiro atoms. The van der Waals surface area contributed by atoms with Crippen LogP contribution < -0.4 is 5.32 Å². The topological polar surface area (TPSA) is 63.2 Å². The van der Waals surface area contributed by atoms with Crippen LogP contribution in [0.3, 0.4) is 0 Å². The lowest BCUT2D eigenvalue weighted by molar-refractivity contribution is -0.122. The van der Waals surface area contributed by atoms with E-state index in [1.54, 1.807) is 0 Å². The Kier molecular flexibility index (Phi) is 3.69. The van der Waals surface area contributed by atoms with E-state index >= 15 is 0 Å². The van der Waals surface area contributed by atoms with E-state index in [9.17, 15) is 17.1 Å². The number of benzene rings is 1. The summed E-state index contributed by atoms with van der Waals surface area (Å²) >= 11 is 5.99. The quantitative estimate of drug-likeness (QED) is 0.663. The van der Waals surface area contributed by atoms with Gasteiger partial charge in [0.15, 0.2) is 0 Å². The van der Waals surface area contributed by atoms with Crippen molar-refractivity contribution in [1.29, 1.82) is 0 Å². The van der Waals surface area contributed by atoms with Crippen LogP contribution in [0.15, 0.2) is 18.2 Å². The fraction of sp³-hybridized carbons (Fsp3) is 0.500. The predicted molar refractivity (Wildman–Crippen MR) is 77.4 cm³/mol. The summed E-state index contributed by atoms with van der Waals surface area (Å²) in [4.78, 5) is 12.1. The molecule has 1 fully saturated rings. The summed E-state index contributed by atoms with van der Waals surface area (Å²) in [6.45, 7) is 0.181. The molecule has 1 aromatic carbocycles. The molecule has 1 saturated carbocycles. The SMILES string of the molecule is O=C(NCCCS(=O)(=O)F)C1C2Cc3ccc(Cl)cc3C21. The highest BCUT2D eigenvalue weighted by Gasteiger charge is 2.59. The van der Waals surface area contributed by atoms with Crippen LogP contribution >= 0.6 is 11.6 Å². The van der Waals surface area contributed by atoms with Crippen LogP contribution in [-0.4, -0.2) is 26.6 Å². The average molecular weight is 332 g/mol. The number of carbonyl (C=O) groups excluding carboxylic acids is 1. The number of nitrogens with one attached hydrogen (secondary N) is 1. The fourth-order valence-electron chi connectivity index (χ4n) is 3.30. The van der Waals surface area contributed by atoms with Gasteiger partial charge in [-0.15, -0.1) is 3.89 Å². The van der Waals surface area contributed by atoms with Crippen LogP contribution in [0.25, 0.3) is 0 Å². The standard InChI is InChI=1S/C14H15ClFNO3S/c15-9-3-2-8-6-11-12(10(8)7-9)13(11)14(18)17-4-1-5-21(16,19)20/h2-3,7,11-13H,1,4-6H2,(H,17,18). The molecular weight excluding hydrogens is 317 g/mol. The number of fused-ring (bicyclic) bond motifs is 3. The van der Waals surface area contributed by atoms with E-state index in [2.05, 4.69) is 5.32 Å². The minimum atomic E-state index is -4.45. The Labute approximate surface area is 127 Å². The monoisotopic (exact) mass is 331 g/mol. The van der Waals surface area contributed by atoms with Crippen molar-refractivity contribution in [2.24, 2.45) is 11.8 Å². The Hall–Kier alpha value is -1.14. The smallest absolute Gasteiger partial charge is 0.302 e. The van der Waals surface area contributed by atoms with Crippen molar-refractivity contribution in [2.45, 2.75) is 18.8 Å². The Morgan fingerprint density at radius 2 is 2.19 bits per heavy atom. The Morgan fingerprint density at radius 3 is 2.90 bits per heavy atom. The van der Waals surface area contributed by atoms with Gasteiger partial charge in [-0.1, -0.05) is 17.7 Å². The third kappa shape index (κ3) is 3.06. The summed E-state index contributed by atoms with van der Waals surface area (Å²) in [5.74, 6) is -0.139. The number of carbonyl (C=O) groups is 1. The van der Waals surface area contributed by atoms with Gasteiger partial charge in [0.1, 0.15) is 0 Å². The first-order valence-electron chi connectivity index (χ1n) is 6.85. The fourth-order valence-corrected chi connectivity index (χ4v) is 3.97. The second-order valence-corrected chi connectivity index (χ2v) is 7.57. The van der Waals surface area contributed by atoms with E-state index in [0.717, 1.165) is 12.0 Å². The largest absolute Gasteiger partial charge is 0.356 e. The lowest BCUT2D eigenvalue weighted by Gasteiger charge is -2.09. The molecule has 1 aromatic rings. The lowest BCUT2D eigenvalue weighted by atomic mass is 10.0. The molecule has 21 heavy (non-hydrogen) atoms. The number of hydrogen-bond donors (Lipinski definition) is 1. The maximum Gasteiger partial charge on any atom is 0.302 e. The van der Waals surface area contributed by atoms with Crippen LogP contribution in [0.5, 0.6) is 0 Å². The zero-order valence-electron chi connectivity index (χ0n) is 11.2. The van der Waals surface area contributed by atoms with Crippen LogP contribution in [0, 0.1) is 11.8 Å². The number of rotatable bonds is 5. The van der Waals surface area contributed by atoms with Gasteiger partial charge in [0.05, 0.1) is 5.75 Å². The third-order valence-corrected chi connectivity index (χ3v) is 5.27. The van der Waals surface area contributed by atoms with E-state index in [-0.39, 0.29) is 30.7 Å². The van der Waals surface area contributed by atoms with Gasteiger partial charge in [-0.25, -0.2) is 0 Å². The summed E-state index contributed by atoms with van der Waals surface area (Å²) in [6, 6.07) is 5.78. The molecular formula is C14H15ClFNO3S. The molecule has 3 rings (SSSR count). The molecule has 0 heterocycles. The van der Waals surface area contributed by atoms with E-state index in [4.69, 9.17) is 11.6 Å². The maximum atomic E-state index is 12.3. The molecule has 1 amide bonds. The summed E-state index contributed by atoms with van der Waals surface area (Å²) < 4.78 is 33.0. The molecule has 3 atom stereocenters. The zero-order valence-corrected chi connectivity index (χ0v) is 12.8. The van der Waals surface area contributed by atoms with Gasteiger partial charge in [-0.05, 0) is 42.0 Å². The molecule has 0 aliphatic heterocycles. The molecule has 2 aliphatic carbocycles. The Morgan fingerprint density at radius 1 is 1.43 bits per heavy atom. The van der Waals surface area contributed by atoms with E-state index < -0.39 is 16.0 Å². The van der Waals surface area contributed by atoms with Gasteiger partial charge in [-0.2, -0.15) is 8.42 Å². The van der Waals surface area contributed by atoms with Crippen LogP contribution in [0.2, 0.25) is 5.02 Å². The summed E-state index contributed by atoms with van der Waals surface area (Å²) in [7, 11) is -4.45. The Bertz CT molecular complexity index is 691. The summed E-state index contributed by atoms with van der Waals surface area (Å²) in [5, 5.41) is 3.36. The minimum Gasteiger partial charge on any atom is -0.356 e. The minimum absolute atomic E-state index is 0.0575. The average Bonchev–Trinajstić information content (AvgIpc) is 2.99. The maximum absolute atomic E-state index is 12.3. The molecule has 0 bridgehead atoms. The van der Waals surface area contributed by atoms with Crippen molar-refractivity contribution in [3.05, 3.63) is 34.3 Å². The summed E-state index contributed by atoms with van der Waals surface area (Å²) in [6.07, 6.45) is 0.975. The zero-order chi connectivity index (χ0) is 15.2. The molecule has 2 aliphatic rings. The van der Waals surface area contributed by atoms with Crippen molar-refractivity contribution in [3.63, 3.8) is 0 Å². The van der Waals surface area contributed by atoms with Gasteiger partial charge >= 0.3 is 10.2 Å². The van der Waals surface area contributed by atoms with Gasteiger partial charge in [-0.3, -0.25) is 4.79 Å². The highest BCUT2D eigenvalue weighted by atomic mass is 35.5. The van der Waals surface area contributed by atoms with Crippen molar-refractivity contribution in [1.82, 2.24) is 5.32 Å². The molecule has 0 saturated heterocycles. The van der Waals surface area contributed by atoms with Crippen LogP contribution in [0.4, 0.5) is 3.89 Å². The van der Waals surface area contributed by atoms with E-state index in [0.29, 0.717) is 10.9 Å². The van der Waals surface area contributed by atoms with Crippen molar-refractivity contribution in [2.75, 3.05) is 12.3 Å². The van der Waals surface area contributed by atoms with Gasteiger partial charge in [0.25, 0.3) is 0 Å². The highest BCUT2D eigenvalue weighted by molar-refractivity contribution is 7.86. The normalized spacial score (nSPS) is 26.1. The molecule has 7 heteroatoms. The second kappa shape index (κ2) is 5.25. The molecule has 0 aromatic heterocycles. The van der Waals surface area contributed by atoms with Crippen LogP contribution in [0.1, 0.15) is 23.5 Å². The highest BCUT2D eigenvalue weighted by Crippen LogP contribution is 2.61. The molecule has 0 radical (unpaired) electrons. The molecule has 1 N–H and O–H groups in total. The first-order chi connectivity index (χ1) is 9.87. The second-order valence-electron chi connectivity index (χ2n) is 5.65. The number of hydrogen-bond acceptors (Lipinski definition) is 3. The van der Waals surface area contributed by atoms with Crippen molar-refractivity contribution < 1.29 is 17.1 Å². The van der Waals surface area contributed by atoms with Crippen LogP contribution in [-0.2, 0) is 21.4 Å². The van der Waals surface area contributed by atoms with Gasteiger partial charge in [0.2, 0.25) is 5.91 Å². The first kappa shape index (κ1) is 14.8. The molecule has 114 valence electrons. The molecule has 3 unspecified atom stereocenters. The molecule has 4 nitrogen and oxygen atoms in total. The first-order valence-corrected chi connectivity index (χ1v) is 8.78. The number of amides is 1. The Balaban J connectivity index is 1.53. The number of halogens is 2. The van der Waals surface area contributed by atoms with Gasteiger partial charge < -0.3 is 5.32 Å². The predicted octanol–water partition coefficient (Wildman–Crippen LogP) is 2.03. The van der Waals surface area contributed by atoms with Crippen molar-refractivity contribution in [3.8, 4) is 0 Å². The van der Waals surface area contributed by atoms with Gasteiger partial charge in [0, 0.05) is 23.4 Å².